The van der Waals surface area contributed by atoms with Crippen molar-refractivity contribution in [3.8, 4) is 16.9 Å². The third-order valence-corrected chi connectivity index (χ3v) is 5.37. The van der Waals surface area contributed by atoms with Gasteiger partial charge in [0.15, 0.2) is 5.82 Å². The number of tetrazole rings is 1. The molecule has 1 N–H and O–H groups in total. The summed E-state index contributed by atoms with van der Waals surface area (Å²) in [5, 5.41) is 15.2. The average molecular weight is 442 g/mol. The molecule has 0 radical (unpaired) electrons. The Bertz CT molecular complexity index is 1260. The van der Waals surface area contributed by atoms with Gasteiger partial charge in [0.2, 0.25) is 0 Å². The lowest BCUT2D eigenvalue weighted by molar-refractivity contribution is 0.0939. The van der Waals surface area contributed by atoms with E-state index < -0.39 is 0 Å². The first-order chi connectivity index (χ1) is 15.8. The number of hydrogen-bond donors (Lipinski definition) is 1. The number of carbonyl (C=O) groups is 1. The Morgan fingerprint density at radius 3 is 2.30 bits per heavy atom. The van der Waals surface area contributed by atoms with E-state index in [2.05, 4.69) is 30.8 Å². The number of carbonyl (C=O) groups excluding carboxylic acids is 1. The van der Waals surface area contributed by atoms with E-state index in [9.17, 15) is 4.79 Å². The molecule has 4 rings (SSSR count). The van der Waals surface area contributed by atoms with Crippen LogP contribution in [0.25, 0.3) is 16.9 Å². The van der Waals surface area contributed by atoms with Crippen molar-refractivity contribution < 1.29 is 4.79 Å². The fraction of sp³-hybridized carbons (Fsp3) is 0.280. The Labute approximate surface area is 193 Å². The zero-order chi connectivity index (χ0) is 23.5. The van der Waals surface area contributed by atoms with E-state index in [4.69, 9.17) is 0 Å². The van der Waals surface area contributed by atoms with Crippen LogP contribution in [-0.4, -0.2) is 36.1 Å². The summed E-state index contributed by atoms with van der Waals surface area (Å²) in [4.78, 5) is 22.2. The summed E-state index contributed by atoms with van der Waals surface area (Å²) in [6.07, 6.45) is 3.61. The van der Waals surface area contributed by atoms with Gasteiger partial charge in [-0.3, -0.25) is 14.8 Å². The summed E-state index contributed by atoms with van der Waals surface area (Å²) in [7, 11) is 0. The van der Waals surface area contributed by atoms with E-state index in [1.165, 1.54) is 0 Å². The number of nitrogens with one attached hydrogen (secondary N) is 1. The van der Waals surface area contributed by atoms with Crippen LogP contribution in [0.3, 0.4) is 0 Å². The van der Waals surface area contributed by atoms with E-state index >= 15 is 0 Å². The summed E-state index contributed by atoms with van der Waals surface area (Å²) >= 11 is 0. The Morgan fingerprint density at radius 1 is 0.939 bits per heavy atom. The van der Waals surface area contributed by atoms with Gasteiger partial charge in [0.25, 0.3) is 5.91 Å². The number of aromatic nitrogens is 6. The third kappa shape index (κ3) is 4.95. The normalized spacial score (nSPS) is 12.1. The van der Waals surface area contributed by atoms with Crippen molar-refractivity contribution in [1.29, 1.82) is 0 Å². The summed E-state index contributed by atoms with van der Waals surface area (Å²) in [6.45, 7) is 9.94. The zero-order valence-corrected chi connectivity index (χ0v) is 19.4. The molecule has 33 heavy (non-hydrogen) atoms. The monoisotopic (exact) mass is 441 g/mol. The summed E-state index contributed by atoms with van der Waals surface area (Å²) in [6, 6.07) is 13.2. The lowest BCUT2D eigenvalue weighted by Crippen LogP contribution is -2.27. The molecule has 1 amide bonds. The fourth-order valence-electron chi connectivity index (χ4n) is 3.48. The van der Waals surface area contributed by atoms with Crippen molar-refractivity contribution in [2.24, 2.45) is 0 Å². The van der Waals surface area contributed by atoms with Crippen LogP contribution in [0.2, 0.25) is 0 Å². The van der Waals surface area contributed by atoms with Crippen LogP contribution < -0.4 is 5.32 Å². The molecular weight excluding hydrogens is 414 g/mol. The lowest BCUT2D eigenvalue weighted by Gasteiger charge is -2.16. The summed E-state index contributed by atoms with van der Waals surface area (Å²) in [5.74, 6) is 0.623. The van der Waals surface area contributed by atoms with Gasteiger partial charge in [0.05, 0.1) is 23.1 Å². The quantitative estimate of drug-likeness (QED) is 0.478. The van der Waals surface area contributed by atoms with E-state index in [1.807, 2.05) is 77.2 Å². The predicted octanol–water partition coefficient (Wildman–Crippen LogP) is 4.35. The van der Waals surface area contributed by atoms with E-state index in [1.54, 1.807) is 16.9 Å². The van der Waals surface area contributed by atoms with Gasteiger partial charge in [-0.25, -0.2) is 0 Å². The maximum Gasteiger partial charge on any atom is 0.251 e. The van der Waals surface area contributed by atoms with Gasteiger partial charge in [-0.05, 0) is 72.7 Å². The fourth-order valence-corrected chi connectivity index (χ4v) is 3.48. The van der Waals surface area contributed by atoms with Gasteiger partial charge < -0.3 is 5.32 Å². The van der Waals surface area contributed by atoms with E-state index in [0.29, 0.717) is 17.1 Å². The van der Waals surface area contributed by atoms with Crippen molar-refractivity contribution in [3.63, 3.8) is 0 Å². The van der Waals surface area contributed by atoms with Gasteiger partial charge in [0.1, 0.15) is 0 Å². The average Bonchev–Trinajstić information content (AvgIpc) is 3.30. The van der Waals surface area contributed by atoms with Crippen molar-refractivity contribution >= 4 is 5.91 Å². The Balaban J connectivity index is 1.73. The molecular formula is C25H27N7O. The Hall–Kier alpha value is -3.94. The minimum Gasteiger partial charge on any atom is -0.344 e. The molecule has 0 aliphatic heterocycles. The molecule has 0 bridgehead atoms. The van der Waals surface area contributed by atoms with Crippen molar-refractivity contribution in [1.82, 2.24) is 35.5 Å². The van der Waals surface area contributed by atoms with Crippen LogP contribution in [0.5, 0.6) is 0 Å². The minimum atomic E-state index is -0.248. The first kappa shape index (κ1) is 22.3. The predicted molar refractivity (Wildman–Crippen MR) is 126 cm³/mol. The van der Waals surface area contributed by atoms with Gasteiger partial charge in [0, 0.05) is 29.4 Å². The lowest BCUT2D eigenvalue weighted by atomic mass is 10.0. The maximum absolute atomic E-state index is 13.3. The van der Waals surface area contributed by atoms with E-state index in [0.717, 1.165) is 28.1 Å². The highest BCUT2D eigenvalue weighted by molar-refractivity contribution is 5.96. The van der Waals surface area contributed by atoms with E-state index in [-0.39, 0.29) is 17.9 Å². The Kier molecular flexibility index (Phi) is 6.26. The van der Waals surface area contributed by atoms with Crippen molar-refractivity contribution in [2.45, 2.75) is 46.6 Å². The molecule has 4 aromatic rings. The number of aryl methyl sites for hydroxylation is 2. The molecule has 168 valence electrons. The number of hydrogen-bond acceptors (Lipinski definition) is 6. The molecule has 0 saturated carbocycles. The number of pyridine rings is 2. The summed E-state index contributed by atoms with van der Waals surface area (Å²) in [5.41, 5.74) is 5.71. The molecule has 1 aromatic carbocycles. The highest BCUT2D eigenvalue weighted by atomic mass is 16.1. The molecule has 0 saturated heterocycles. The number of nitrogens with zero attached hydrogens (tertiary/aromatic N) is 6. The van der Waals surface area contributed by atoms with Crippen LogP contribution in [0.1, 0.15) is 65.7 Å². The topological polar surface area (TPSA) is 98.5 Å². The Morgan fingerprint density at radius 2 is 1.67 bits per heavy atom. The van der Waals surface area contributed by atoms with Crippen LogP contribution in [-0.2, 0) is 0 Å². The number of amides is 1. The van der Waals surface area contributed by atoms with Crippen LogP contribution >= 0.6 is 0 Å². The van der Waals surface area contributed by atoms with Crippen LogP contribution in [0.4, 0.5) is 0 Å². The standard InChI is InChI=1S/C25H27N7O/c1-15(2)24-29-30-31-32(24)21-11-19(23-9-7-17(4)14-27-23)10-20(12-21)25(33)28-18(5)22-8-6-16(3)13-26-22/h6-15,18H,1-5H3,(H,28,33). The second-order valence-electron chi connectivity index (χ2n) is 8.55. The SMILES string of the molecule is Cc1ccc(-c2cc(C(=O)NC(C)c3ccc(C)cn3)cc(-n3nnnc3C(C)C)c2)nc1. The molecule has 8 heteroatoms. The first-order valence-electron chi connectivity index (χ1n) is 10.9. The second-order valence-corrected chi connectivity index (χ2v) is 8.55. The third-order valence-electron chi connectivity index (χ3n) is 5.37. The van der Waals surface area contributed by atoms with Gasteiger partial charge in [-0.15, -0.1) is 5.10 Å². The maximum atomic E-state index is 13.3. The molecule has 3 aromatic heterocycles. The molecule has 0 aliphatic rings. The number of rotatable bonds is 6. The van der Waals surface area contributed by atoms with Gasteiger partial charge >= 0.3 is 0 Å². The molecule has 1 unspecified atom stereocenters. The highest BCUT2D eigenvalue weighted by Gasteiger charge is 2.18. The highest BCUT2D eigenvalue weighted by Crippen LogP contribution is 2.25. The van der Waals surface area contributed by atoms with Gasteiger partial charge in [-0.1, -0.05) is 26.0 Å². The minimum absolute atomic E-state index is 0.117. The summed E-state index contributed by atoms with van der Waals surface area (Å²) < 4.78 is 1.67. The molecule has 0 spiro atoms. The van der Waals surface area contributed by atoms with Crippen molar-refractivity contribution in [2.75, 3.05) is 0 Å². The van der Waals surface area contributed by atoms with Crippen molar-refractivity contribution in [3.05, 3.63) is 83.1 Å². The van der Waals surface area contributed by atoms with Crippen LogP contribution in [0.15, 0.2) is 54.9 Å². The number of benzene rings is 1. The second kappa shape index (κ2) is 9.28. The molecule has 0 fully saturated rings. The van der Waals surface area contributed by atoms with Gasteiger partial charge in [-0.2, -0.15) is 4.68 Å². The molecule has 8 nitrogen and oxygen atoms in total. The largest absolute Gasteiger partial charge is 0.344 e. The smallest absolute Gasteiger partial charge is 0.251 e. The molecule has 1 atom stereocenters. The molecule has 3 heterocycles. The van der Waals surface area contributed by atoms with Crippen LogP contribution in [0, 0.1) is 13.8 Å². The molecule has 0 aliphatic carbocycles. The zero-order valence-electron chi connectivity index (χ0n) is 19.4. The first-order valence-corrected chi connectivity index (χ1v) is 10.9.